The molecule has 0 fully saturated rings. The van der Waals surface area contributed by atoms with Crippen LogP contribution in [-0.2, 0) is 6.54 Å². The molecule has 0 bridgehead atoms. The summed E-state index contributed by atoms with van der Waals surface area (Å²) in [6, 6.07) is 8.22. The van der Waals surface area contributed by atoms with E-state index in [-0.39, 0.29) is 18.0 Å². The van der Waals surface area contributed by atoms with Gasteiger partial charge in [-0.3, -0.25) is 4.79 Å². The van der Waals surface area contributed by atoms with Crippen LogP contribution in [0.3, 0.4) is 0 Å². The number of pyridine rings is 1. The number of hydrogen-bond acceptors (Lipinski definition) is 3. The summed E-state index contributed by atoms with van der Waals surface area (Å²) >= 11 is 3.20. The van der Waals surface area contributed by atoms with Crippen LogP contribution in [-0.4, -0.2) is 22.0 Å². The summed E-state index contributed by atoms with van der Waals surface area (Å²) in [4.78, 5) is 27.2. The van der Waals surface area contributed by atoms with Gasteiger partial charge in [-0.1, -0.05) is 12.1 Å². The fraction of sp³-hybridized carbons (Fsp3) is 0.133. The standard InChI is InChI=1S/C15H13BrN2O3/c1-9-3-2-4-11(15(20)21)12(9)8-18-14(19)10-5-6-17-13(16)7-10/h2-7H,8H2,1H3,(H,18,19)(H,20,21). The summed E-state index contributed by atoms with van der Waals surface area (Å²) in [6.45, 7) is 1.98. The van der Waals surface area contributed by atoms with Crippen LogP contribution in [0.5, 0.6) is 0 Å². The Labute approximate surface area is 130 Å². The highest BCUT2D eigenvalue weighted by molar-refractivity contribution is 9.10. The predicted molar refractivity (Wildman–Crippen MR) is 81.2 cm³/mol. The van der Waals surface area contributed by atoms with E-state index < -0.39 is 5.97 Å². The second-order valence-electron chi connectivity index (χ2n) is 4.46. The van der Waals surface area contributed by atoms with Gasteiger partial charge in [0.2, 0.25) is 0 Å². The third-order valence-electron chi connectivity index (χ3n) is 3.06. The van der Waals surface area contributed by atoms with E-state index in [4.69, 9.17) is 0 Å². The van der Waals surface area contributed by atoms with Crippen LogP contribution in [0.25, 0.3) is 0 Å². The van der Waals surface area contributed by atoms with Crippen LogP contribution in [0.15, 0.2) is 41.1 Å². The lowest BCUT2D eigenvalue weighted by Crippen LogP contribution is -2.24. The van der Waals surface area contributed by atoms with Crippen LogP contribution in [0.1, 0.15) is 31.8 Å². The first-order valence-corrected chi connectivity index (χ1v) is 7.00. The minimum atomic E-state index is -1.00. The number of halogens is 1. The molecule has 2 aromatic rings. The maximum atomic E-state index is 12.1. The molecule has 2 N–H and O–H groups in total. The molecule has 0 unspecified atom stereocenters. The third-order valence-corrected chi connectivity index (χ3v) is 3.49. The van der Waals surface area contributed by atoms with Crippen LogP contribution >= 0.6 is 15.9 Å². The van der Waals surface area contributed by atoms with Crippen molar-refractivity contribution in [3.8, 4) is 0 Å². The minimum Gasteiger partial charge on any atom is -0.478 e. The Morgan fingerprint density at radius 2 is 2.10 bits per heavy atom. The van der Waals surface area contributed by atoms with Gasteiger partial charge in [0.1, 0.15) is 4.60 Å². The largest absolute Gasteiger partial charge is 0.478 e. The van der Waals surface area contributed by atoms with Crippen LogP contribution in [0.2, 0.25) is 0 Å². The lowest BCUT2D eigenvalue weighted by Gasteiger charge is -2.11. The van der Waals surface area contributed by atoms with Gasteiger partial charge >= 0.3 is 5.97 Å². The number of carbonyl (C=O) groups is 2. The van der Waals surface area contributed by atoms with E-state index >= 15 is 0 Å². The average molecular weight is 349 g/mol. The molecule has 0 radical (unpaired) electrons. The van der Waals surface area contributed by atoms with Gasteiger partial charge in [-0.15, -0.1) is 0 Å². The van der Waals surface area contributed by atoms with Gasteiger partial charge in [0, 0.05) is 18.3 Å². The number of carbonyl (C=O) groups excluding carboxylic acids is 1. The molecule has 0 aliphatic carbocycles. The molecular formula is C15H13BrN2O3. The molecule has 0 aliphatic heterocycles. The first kappa shape index (κ1) is 15.2. The molecule has 0 aliphatic rings. The molecule has 6 heteroatoms. The number of nitrogens with zero attached hydrogens (tertiary/aromatic N) is 1. The van der Waals surface area contributed by atoms with E-state index in [0.29, 0.717) is 15.7 Å². The second kappa shape index (κ2) is 6.49. The average Bonchev–Trinajstić information content (AvgIpc) is 2.45. The van der Waals surface area contributed by atoms with Gasteiger partial charge in [-0.05, 0) is 52.2 Å². The van der Waals surface area contributed by atoms with Gasteiger partial charge in [0.25, 0.3) is 5.91 Å². The molecule has 0 spiro atoms. The van der Waals surface area contributed by atoms with Gasteiger partial charge in [-0.25, -0.2) is 9.78 Å². The van der Waals surface area contributed by atoms with E-state index in [2.05, 4.69) is 26.2 Å². The lowest BCUT2D eigenvalue weighted by molar-refractivity contribution is 0.0694. The molecule has 0 saturated carbocycles. The molecular weight excluding hydrogens is 336 g/mol. The quantitative estimate of drug-likeness (QED) is 0.832. The topological polar surface area (TPSA) is 79.3 Å². The molecule has 2 rings (SSSR count). The Morgan fingerprint density at radius 3 is 2.76 bits per heavy atom. The Balaban J connectivity index is 2.17. The Bertz CT molecular complexity index is 701. The van der Waals surface area contributed by atoms with Gasteiger partial charge in [0.05, 0.1) is 5.56 Å². The summed E-state index contributed by atoms with van der Waals surface area (Å²) in [5.74, 6) is -1.28. The number of rotatable bonds is 4. The molecule has 0 saturated heterocycles. The first-order valence-electron chi connectivity index (χ1n) is 6.20. The summed E-state index contributed by atoms with van der Waals surface area (Å²) in [6.07, 6.45) is 1.52. The minimum absolute atomic E-state index is 0.160. The monoisotopic (exact) mass is 348 g/mol. The summed E-state index contributed by atoms with van der Waals surface area (Å²) in [5.41, 5.74) is 2.09. The Hall–Kier alpha value is -2.21. The predicted octanol–water partition coefficient (Wildman–Crippen LogP) is 2.78. The van der Waals surface area contributed by atoms with Crippen molar-refractivity contribution in [2.75, 3.05) is 0 Å². The number of benzene rings is 1. The number of carboxylic acid groups (broad SMARTS) is 1. The highest BCUT2D eigenvalue weighted by atomic mass is 79.9. The fourth-order valence-corrected chi connectivity index (χ4v) is 2.32. The zero-order valence-electron chi connectivity index (χ0n) is 11.3. The van der Waals surface area contributed by atoms with E-state index in [1.54, 1.807) is 18.2 Å². The fourth-order valence-electron chi connectivity index (χ4n) is 1.95. The van der Waals surface area contributed by atoms with Gasteiger partial charge in [-0.2, -0.15) is 0 Å². The smallest absolute Gasteiger partial charge is 0.336 e. The summed E-state index contributed by atoms with van der Waals surface area (Å²) < 4.78 is 0.567. The van der Waals surface area contributed by atoms with Crippen molar-refractivity contribution >= 4 is 27.8 Å². The molecule has 108 valence electrons. The molecule has 1 aromatic carbocycles. The first-order chi connectivity index (χ1) is 9.99. The zero-order chi connectivity index (χ0) is 15.4. The number of aromatic nitrogens is 1. The molecule has 1 amide bonds. The number of nitrogens with one attached hydrogen (secondary N) is 1. The van der Waals surface area contributed by atoms with Crippen LogP contribution in [0.4, 0.5) is 0 Å². The maximum absolute atomic E-state index is 12.1. The third kappa shape index (κ3) is 3.66. The molecule has 1 aromatic heterocycles. The van der Waals surface area contributed by atoms with Crippen LogP contribution in [0, 0.1) is 6.92 Å². The van der Waals surface area contributed by atoms with Crippen LogP contribution < -0.4 is 5.32 Å². The number of hydrogen-bond donors (Lipinski definition) is 2. The number of carboxylic acids is 1. The normalized spacial score (nSPS) is 10.2. The SMILES string of the molecule is Cc1cccc(C(=O)O)c1CNC(=O)c1ccnc(Br)c1. The van der Waals surface area contributed by atoms with Crippen molar-refractivity contribution in [3.05, 3.63) is 63.4 Å². The van der Waals surface area contributed by atoms with Crippen molar-refractivity contribution in [1.82, 2.24) is 10.3 Å². The Morgan fingerprint density at radius 1 is 1.33 bits per heavy atom. The van der Waals surface area contributed by atoms with Crippen molar-refractivity contribution in [3.63, 3.8) is 0 Å². The maximum Gasteiger partial charge on any atom is 0.336 e. The van der Waals surface area contributed by atoms with Crippen molar-refractivity contribution in [2.24, 2.45) is 0 Å². The lowest BCUT2D eigenvalue weighted by atomic mass is 10.0. The zero-order valence-corrected chi connectivity index (χ0v) is 12.8. The Kier molecular flexibility index (Phi) is 4.70. The second-order valence-corrected chi connectivity index (χ2v) is 5.27. The molecule has 5 nitrogen and oxygen atoms in total. The number of aryl methyl sites for hydroxylation is 1. The van der Waals surface area contributed by atoms with E-state index in [1.165, 1.54) is 12.3 Å². The molecule has 0 atom stereocenters. The number of amides is 1. The highest BCUT2D eigenvalue weighted by Gasteiger charge is 2.13. The van der Waals surface area contributed by atoms with Crippen molar-refractivity contribution < 1.29 is 14.7 Å². The van der Waals surface area contributed by atoms with Gasteiger partial charge < -0.3 is 10.4 Å². The van der Waals surface area contributed by atoms with Gasteiger partial charge in [0.15, 0.2) is 0 Å². The van der Waals surface area contributed by atoms with Crippen molar-refractivity contribution in [1.29, 1.82) is 0 Å². The van der Waals surface area contributed by atoms with Crippen molar-refractivity contribution in [2.45, 2.75) is 13.5 Å². The highest BCUT2D eigenvalue weighted by Crippen LogP contribution is 2.15. The summed E-state index contributed by atoms with van der Waals surface area (Å²) in [5, 5.41) is 11.9. The summed E-state index contributed by atoms with van der Waals surface area (Å²) in [7, 11) is 0. The number of aromatic carboxylic acids is 1. The molecule has 1 heterocycles. The van der Waals surface area contributed by atoms with E-state index in [0.717, 1.165) is 5.56 Å². The van der Waals surface area contributed by atoms with E-state index in [1.807, 2.05) is 13.0 Å². The molecule has 21 heavy (non-hydrogen) atoms. The van der Waals surface area contributed by atoms with E-state index in [9.17, 15) is 14.7 Å².